The zero-order chi connectivity index (χ0) is 15.2. The molecule has 106 valence electrons. The molecule has 0 saturated heterocycles. The highest BCUT2D eigenvalue weighted by molar-refractivity contribution is 9.10. The first-order chi connectivity index (χ1) is 10.1. The molecule has 4 nitrogen and oxygen atoms in total. The molecule has 0 unspecified atom stereocenters. The maximum Gasteiger partial charge on any atom is 0.335 e. The number of anilines is 1. The third-order valence-electron chi connectivity index (χ3n) is 3.08. The molecule has 0 saturated carbocycles. The van der Waals surface area contributed by atoms with Crippen molar-refractivity contribution in [1.82, 2.24) is 0 Å². The largest absolute Gasteiger partial charge is 0.478 e. The molecule has 2 N–H and O–H groups in total. The van der Waals surface area contributed by atoms with E-state index in [1.54, 1.807) is 18.2 Å². The molecule has 0 amide bonds. The summed E-state index contributed by atoms with van der Waals surface area (Å²) in [6, 6.07) is 14.5. The third-order valence-corrected chi connectivity index (χ3v) is 3.74. The van der Waals surface area contributed by atoms with Gasteiger partial charge in [-0.15, -0.1) is 0 Å². The highest BCUT2D eigenvalue weighted by Gasteiger charge is 2.09. The van der Waals surface area contributed by atoms with Gasteiger partial charge in [0.15, 0.2) is 0 Å². The molecule has 0 aromatic heterocycles. The van der Waals surface area contributed by atoms with Gasteiger partial charge in [0.05, 0.1) is 16.8 Å². The minimum atomic E-state index is -0.925. The van der Waals surface area contributed by atoms with Gasteiger partial charge in [-0.2, -0.15) is 5.26 Å². The number of hydrogen-bond donors (Lipinski definition) is 2. The molecule has 0 fully saturated rings. The number of carboxylic acids is 1. The molecule has 0 aliphatic carbocycles. The van der Waals surface area contributed by atoms with Crippen molar-refractivity contribution >= 4 is 27.6 Å². The summed E-state index contributed by atoms with van der Waals surface area (Å²) in [4.78, 5) is 11.1. The second-order valence-electron chi connectivity index (χ2n) is 4.41. The van der Waals surface area contributed by atoms with Crippen molar-refractivity contribution in [3.05, 3.63) is 63.6 Å². The Hall–Kier alpha value is -2.32. The second-order valence-corrected chi connectivity index (χ2v) is 5.27. The van der Waals surface area contributed by atoms with E-state index in [0.29, 0.717) is 24.1 Å². The van der Waals surface area contributed by atoms with Crippen LogP contribution in [0.2, 0.25) is 0 Å². The monoisotopic (exact) mass is 344 g/mol. The molecular formula is C16H13BrN2O2. The summed E-state index contributed by atoms with van der Waals surface area (Å²) in [6.07, 6.45) is 0.569. The Balaban J connectivity index is 2.08. The Morgan fingerprint density at radius 3 is 2.71 bits per heavy atom. The molecule has 21 heavy (non-hydrogen) atoms. The predicted molar refractivity (Wildman–Crippen MR) is 84.5 cm³/mol. The summed E-state index contributed by atoms with van der Waals surface area (Å²) in [7, 11) is 0. The zero-order valence-electron chi connectivity index (χ0n) is 11.1. The first-order valence-electron chi connectivity index (χ1n) is 6.37. The van der Waals surface area contributed by atoms with Crippen molar-refractivity contribution in [2.45, 2.75) is 6.42 Å². The smallest absolute Gasteiger partial charge is 0.335 e. The number of rotatable bonds is 5. The predicted octanol–water partition coefficient (Wildman–Crippen LogP) is 3.67. The molecule has 0 radical (unpaired) electrons. The lowest BCUT2D eigenvalue weighted by Gasteiger charge is -2.10. The molecule has 0 spiro atoms. The topological polar surface area (TPSA) is 73.1 Å². The fourth-order valence-electron chi connectivity index (χ4n) is 2.06. The van der Waals surface area contributed by atoms with Crippen LogP contribution >= 0.6 is 15.9 Å². The number of benzene rings is 2. The average Bonchev–Trinajstić information content (AvgIpc) is 2.48. The highest BCUT2D eigenvalue weighted by atomic mass is 79.9. The lowest BCUT2D eigenvalue weighted by Crippen LogP contribution is -2.10. The van der Waals surface area contributed by atoms with Crippen LogP contribution in [-0.4, -0.2) is 17.6 Å². The minimum Gasteiger partial charge on any atom is -0.478 e. The Kier molecular flexibility index (Phi) is 4.96. The van der Waals surface area contributed by atoms with E-state index < -0.39 is 5.97 Å². The summed E-state index contributed by atoms with van der Waals surface area (Å²) in [5.41, 5.74) is 2.36. The molecule has 2 aromatic carbocycles. The van der Waals surface area contributed by atoms with Crippen molar-refractivity contribution in [1.29, 1.82) is 5.26 Å². The van der Waals surface area contributed by atoms with Crippen LogP contribution < -0.4 is 5.32 Å². The first-order valence-corrected chi connectivity index (χ1v) is 7.16. The number of aromatic carboxylic acids is 1. The number of carbonyl (C=O) groups is 1. The fourth-order valence-corrected chi connectivity index (χ4v) is 2.52. The Labute approximate surface area is 131 Å². The molecule has 0 aliphatic heterocycles. The van der Waals surface area contributed by atoms with Crippen molar-refractivity contribution in [3.63, 3.8) is 0 Å². The van der Waals surface area contributed by atoms with Gasteiger partial charge < -0.3 is 10.4 Å². The van der Waals surface area contributed by atoms with Gasteiger partial charge in [0, 0.05) is 11.0 Å². The number of nitrogens with zero attached hydrogens (tertiary/aromatic N) is 1. The summed E-state index contributed by atoms with van der Waals surface area (Å²) in [6.45, 7) is 0.551. The summed E-state index contributed by atoms with van der Waals surface area (Å²) in [5.74, 6) is -0.925. The molecule has 2 rings (SSSR count). The van der Waals surface area contributed by atoms with E-state index >= 15 is 0 Å². The van der Waals surface area contributed by atoms with Crippen LogP contribution in [0.5, 0.6) is 0 Å². The summed E-state index contributed by atoms with van der Waals surface area (Å²) >= 11 is 3.33. The molecule has 0 heterocycles. The van der Waals surface area contributed by atoms with Gasteiger partial charge in [-0.3, -0.25) is 0 Å². The van der Waals surface area contributed by atoms with Gasteiger partial charge in [0.25, 0.3) is 0 Å². The van der Waals surface area contributed by atoms with Crippen molar-refractivity contribution in [2.24, 2.45) is 0 Å². The van der Waals surface area contributed by atoms with Crippen molar-refractivity contribution < 1.29 is 9.90 Å². The van der Waals surface area contributed by atoms with E-state index in [-0.39, 0.29) is 0 Å². The average molecular weight is 345 g/mol. The van der Waals surface area contributed by atoms with Crippen LogP contribution in [0.1, 0.15) is 21.5 Å². The van der Waals surface area contributed by atoms with Gasteiger partial charge in [-0.05, 0) is 46.1 Å². The molecular weight excluding hydrogens is 332 g/mol. The number of nitrogens with one attached hydrogen (secondary N) is 1. The molecule has 0 aliphatic rings. The van der Waals surface area contributed by atoms with Gasteiger partial charge in [0.1, 0.15) is 6.07 Å². The zero-order valence-corrected chi connectivity index (χ0v) is 12.7. The lowest BCUT2D eigenvalue weighted by atomic mass is 10.0. The maximum absolute atomic E-state index is 11.1. The molecule has 2 aromatic rings. The van der Waals surface area contributed by atoms with Crippen LogP contribution in [0.25, 0.3) is 0 Å². The SMILES string of the molecule is N#Cc1c(Br)cccc1NCCc1ccccc1C(=O)O. The van der Waals surface area contributed by atoms with Gasteiger partial charge in [-0.25, -0.2) is 4.79 Å². The van der Waals surface area contributed by atoms with Crippen LogP contribution in [0, 0.1) is 11.3 Å². The van der Waals surface area contributed by atoms with E-state index in [2.05, 4.69) is 27.3 Å². The van der Waals surface area contributed by atoms with Crippen LogP contribution in [-0.2, 0) is 6.42 Å². The van der Waals surface area contributed by atoms with Gasteiger partial charge in [-0.1, -0.05) is 24.3 Å². The van der Waals surface area contributed by atoms with Crippen LogP contribution in [0.3, 0.4) is 0 Å². The second kappa shape index (κ2) is 6.91. The highest BCUT2D eigenvalue weighted by Crippen LogP contribution is 2.23. The minimum absolute atomic E-state index is 0.314. The van der Waals surface area contributed by atoms with Crippen molar-refractivity contribution in [3.8, 4) is 6.07 Å². The van der Waals surface area contributed by atoms with Crippen LogP contribution in [0.15, 0.2) is 46.9 Å². The van der Waals surface area contributed by atoms with E-state index in [0.717, 1.165) is 15.7 Å². The van der Waals surface area contributed by atoms with E-state index in [1.807, 2.05) is 24.3 Å². The Morgan fingerprint density at radius 1 is 1.24 bits per heavy atom. The van der Waals surface area contributed by atoms with E-state index in [9.17, 15) is 4.79 Å². The summed E-state index contributed by atoms with van der Waals surface area (Å²) < 4.78 is 0.737. The summed E-state index contributed by atoms with van der Waals surface area (Å²) in [5, 5.41) is 21.4. The van der Waals surface area contributed by atoms with Crippen LogP contribution in [0.4, 0.5) is 5.69 Å². The normalized spacial score (nSPS) is 9.90. The number of carboxylic acid groups (broad SMARTS) is 1. The maximum atomic E-state index is 11.1. The third kappa shape index (κ3) is 3.61. The standard InChI is InChI=1S/C16H13BrN2O2/c17-14-6-3-7-15(13(14)10-18)19-9-8-11-4-1-2-5-12(11)16(20)21/h1-7,19H,8-9H2,(H,20,21). The van der Waals surface area contributed by atoms with E-state index in [1.165, 1.54) is 0 Å². The fraction of sp³-hybridized carbons (Fsp3) is 0.125. The lowest BCUT2D eigenvalue weighted by molar-refractivity contribution is 0.0695. The molecule has 0 bridgehead atoms. The number of hydrogen-bond acceptors (Lipinski definition) is 3. The quantitative estimate of drug-likeness (QED) is 0.867. The van der Waals surface area contributed by atoms with Gasteiger partial charge in [0.2, 0.25) is 0 Å². The van der Waals surface area contributed by atoms with Crippen molar-refractivity contribution in [2.75, 3.05) is 11.9 Å². The van der Waals surface area contributed by atoms with Gasteiger partial charge >= 0.3 is 5.97 Å². The number of nitriles is 1. The van der Waals surface area contributed by atoms with E-state index in [4.69, 9.17) is 10.4 Å². The molecule has 0 atom stereocenters. The first kappa shape index (κ1) is 15.1. The molecule has 5 heteroatoms. The Morgan fingerprint density at radius 2 is 2.00 bits per heavy atom. The number of halogens is 1. The Bertz CT molecular complexity index is 708.